The van der Waals surface area contributed by atoms with E-state index in [0.717, 1.165) is 16.5 Å². The molecule has 0 unspecified atom stereocenters. The Kier molecular flexibility index (Phi) is 10.8. The van der Waals surface area contributed by atoms with E-state index in [1.165, 1.54) is 19.3 Å². The molecule has 2 aromatic rings. The molecule has 180 valence electrons. The monoisotopic (exact) mass is 484 g/mol. The minimum Gasteiger partial charge on any atom is -0.464 e. The zero-order chi connectivity index (χ0) is 24.9. The summed E-state index contributed by atoms with van der Waals surface area (Å²) in [5.41, 5.74) is 1.73. The molecule has 2 amide bonds. The maximum Gasteiger partial charge on any atom is 0.354 e. The van der Waals surface area contributed by atoms with Crippen LogP contribution in [0.1, 0.15) is 18.4 Å². The predicted octanol–water partition coefficient (Wildman–Crippen LogP) is 3.25. The number of ether oxygens (including phenoxy) is 1. The number of hydrogen-bond donors (Lipinski definition) is 3. The molecule has 9 heteroatoms. The van der Waals surface area contributed by atoms with Gasteiger partial charge >= 0.3 is 5.97 Å². The highest BCUT2D eigenvalue weighted by Crippen LogP contribution is 2.22. The lowest BCUT2D eigenvalue weighted by Gasteiger charge is -2.12. The van der Waals surface area contributed by atoms with Crippen molar-refractivity contribution in [2.45, 2.75) is 25.8 Å². The number of carbonyl (C=O) groups excluding carboxylic acids is 3. The summed E-state index contributed by atoms with van der Waals surface area (Å²) in [4.78, 5) is 40.2. The van der Waals surface area contributed by atoms with Gasteiger partial charge in [-0.2, -0.15) is 0 Å². The molecule has 0 aliphatic rings. The number of aromatic nitrogens is 1. The van der Waals surface area contributed by atoms with E-state index in [0.29, 0.717) is 25.9 Å². The number of halogens is 1. The summed E-state index contributed by atoms with van der Waals surface area (Å²) in [7, 11) is 1.20. The zero-order valence-corrected chi connectivity index (χ0v) is 19.9. The molecule has 0 radical (unpaired) electrons. The number of para-hydroxylation sites is 1. The van der Waals surface area contributed by atoms with Crippen LogP contribution in [0.5, 0.6) is 0 Å². The number of unbranched alkanes of at least 4 members (excludes halogenated alkanes) is 1. The van der Waals surface area contributed by atoms with E-state index >= 15 is 0 Å². The first-order chi connectivity index (χ1) is 16.4. The third kappa shape index (κ3) is 7.47. The zero-order valence-electron chi connectivity index (χ0n) is 19.1. The van der Waals surface area contributed by atoms with Gasteiger partial charge in [0.15, 0.2) is 0 Å². The van der Waals surface area contributed by atoms with Gasteiger partial charge in [0, 0.05) is 30.2 Å². The highest BCUT2D eigenvalue weighted by Gasteiger charge is 2.19. The Bertz CT molecular complexity index is 1120. The molecule has 1 heterocycles. The van der Waals surface area contributed by atoms with Crippen LogP contribution in [-0.4, -0.2) is 36.0 Å². The fourth-order valence-corrected chi connectivity index (χ4v) is 3.45. The third-order valence-electron chi connectivity index (χ3n) is 4.83. The van der Waals surface area contributed by atoms with Gasteiger partial charge < -0.3 is 19.9 Å². The quantitative estimate of drug-likeness (QED) is 0.101. The molecular weight excluding hydrogens is 456 g/mol. The lowest BCUT2D eigenvalue weighted by Crippen LogP contribution is -2.37. The van der Waals surface area contributed by atoms with Crippen LogP contribution in [-0.2, 0) is 32.1 Å². The maximum absolute atomic E-state index is 12.9. The summed E-state index contributed by atoms with van der Waals surface area (Å²) in [6.45, 7) is 8.44. The highest BCUT2D eigenvalue weighted by atomic mass is 35.5. The number of nitrogens with one attached hydrogen (secondary N) is 3. The Morgan fingerprint density at radius 1 is 1.15 bits per heavy atom. The van der Waals surface area contributed by atoms with Crippen molar-refractivity contribution < 1.29 is 19.1 Å². The van der Waals surface area contributed by atoms with E-state index in [1.807, 2.05) is 35.0 Å². The number of benzene rings is 1. The van der Waals surface area contributed by atoms with Crippen LogP contribution in [0, 0.1) is 0 Å². The fraction of sp³-hybridized carbons (Fsp3) is 0.240. The van der Waals surface area contributed by atoms with Gasteiger partial charge in [-0.05, 0) is 42.3 Å². The predicted molar refractivity (Wildman–Crippen MR) is 134 cm³/mol. The van der Waals surface area contributed by atoms with Crippen molar-refractivity contribution in [2.24, 2.45) is 0 Å². The van der Waals surface area contributed by atoms with Crippen molar-refractivity contribution in [3.63, 3.8) is 0 Å². The van der Waals surface area contributed by atoms with Crippen molar-refractivity contribution in [2.75, 3.05) is 13.7 Å². The Labute approximate surface area is 204 Å². The molecule has 0 saturated heterocycles. The molecule has 0 fully saturated rings. The maximum atomic E-state index is 12.9. The Morgan fingerprint density at radius 2 is 1.91 bits per heavy atom. The molecule has 8 nitrogen and oxygen atoms in total. The molecule has 0 aliphatic carbocycles. The van der Waals surface area contributed by atoms with Crippen LogP contribution in [0.4, 0.5) is 0 Å². The average molecular weight is 485 g/mol. The molecule has 0 atom stereocenters. The van der Waals surface area contributed by atoms with Crippen LogP contribution in [0.25, 0.3) is 10.9 Å². The van der Waals surface area contributed by atoms with Gasteiger partial charge in [0.25, 0.3) is 5.91 Å². The number of hydrogen-bond acceptors (Lipinski definition) is 5. The lowest BCUT2D eigenvalue weighted by molar-refractivity contribution is -0.137. The molecule has 0 spiro atoms. The smallest absolute Gasteiger partial charge is 0.354 e. The van der Waals surface area contributed by atoms with E-state index in [9.17, 15) is 14.4 Å². The summed E-state index contributed by atoms with van der Waals surface area (Å²) < 4.78 is 6.68. The summed E-state index contributed by atoms with van der Waals surface area (Å²) in [5, 5.41) is 6.09. The minimum atomic E-state index is -0.736. The molecule has 0 aliphatic heterocycles. The van der Waals surface area contributed by atoms with Gasteiger partial charge in [0.2, 0.25) is 5.91 Å². The van der Waals surface area contributed by atoms with E-state index in [4.69, 9.17) is 11.8 Å². The van der Waals surface area contributed by atoms with Gasteiger partial charge in [0.05, 0.1) is 13.5 Å². The Morgan fingerprint density at radius 3 is 2.59 bits per heavy atom. The van der Waals surface area contributed by atoms with E-state index < -0.39 is 11.9 Å². The summed E-state index contributed by atoms with van der Waals surface area (Å²) in [5.74, 6) is -1.76. The summed E-state index contributed by atoms with van der Waals surface area (Å²) in [6, 6.07) is 7.77. The number of amides is 2. The van der Waals surface area contributed by atoms with Crippen molar-refractivity contribution in [1.82, 2.24) is 20.0 Å². The molecule has 0 bridgehead atoms. The Hall–Kier alpha value is -3.62. The number of rotatable bonds is 13. The summed E-state index contributed by atoms with van der Waals surface area (Å²) >= 11 is 5.48. The Balaban J connectivity index is 2.23. The number of nitrogens with zero attached hydrogens (tertiary/aromatic N) is 1. The average Bonchev–Trinajstić information content (AvgIpc) is 3.17. The molecule has 0 saturated carbocycles. The van der Waals surface area contributed by atoms with E-state index in [-0.39, 0.29) is 23.7 Å². The van der Waals surface area contributed by atoms with Crippen molar-refractivity contribution in [3.8, 4) is 0 Å². The molecule has 3 N–H and O–H groups in total. The SMILES string of the molecule is C=C/C=C(/NC(=O)/C(=C\CCCNCl)NC(=O)Cc1cn(CC=C)c2ccccc12)C(=O)OC. The van der Waals surface area contributed by atoms with Crippen molar-refractivity contribution in [1.29, 1.82) is 0 Å². The largest absolute Gasteiger partial charge is 0.464 e. The number of carbonyl (C=O) groups is 3. The van der Waals surface area contributed by atoms with Crippen LogP contribution in [0.2, 0.25) is 0 Å². The molecule has 1 aromatic carbocycles. The van der Waals surface area contributed by atoms with Crippen LogP contribution >= 0.6 is 11.8 Å². The first-order valence-corrected chi connectivity index (χ1v) is 11.1. The third-order valence-corrected chi connectivity index (χ3v) is 5.02. The number of fused-ring (bicyclic) bond motifs is 1. The molecule has 1 aromatic heterocycles. The minimum absolute atomic E-state index is 0.0215. The fourth-order valence-electron chi connectivity index (χ4n) is 3.32. The first kappa shape index (κ1) is 26.6. The highest BCUT2D eigenvalue weighted by molar-refractivity contribution is 6.13. The lowest BCUT2D eigenvalue weighted by atomic mass is 10.1. The van der Waals surface area contributed by atoms with Crippen LogP contribution < -0.4 is 15.5 Å². The van der Waals surface area contributed by atoms with Gasteiger partial charge in [-0.25, -0.2) is 9.63 Å². The molecule has 2 rings (SSSR count). The number of esters is 1. The van der Waals surface area contributed by atoms with Gasteiger partial charge in [-0.15, -0.1) is 6.58 Å². The van der Waals surface area contributed by atoms with Crippen LogP contribution in [0.15, 0.2) is 79.3 Å². The van der Waals surface area contributed by atoms with Gasteiger partial charge in [-0.3, -0.25) is 9.59 Å². The second kappa shape index (κ2) is 13.8. The topological polar surface area (TPSA) is 101 Å². The van der Waals surface area contributed by atoms with Gasteiger partial charge in [-0.1, -0.05) is 43.0 Å². The van der Waals surface area contributed by atoms with Crippen molar-refractivity contribution >= 4 is 40.5 Å². The molecule has 34 heavy (non-hydrogen) atoms. The van der Waals surface area contributed by atoms with Crippen LogP contribution in [0.3, 0.4) is 0 Å². The van der Waals surface area contributed by atoms with Gasteiger partial charge in [0.1, 0.15) is 11.4 Å². The summed E-state index contributed by atoms with van der Waals surface area (Å²) in [6.07, 6.45) is 9.11. The standard InChI is InChI=1S/C25H29ClN4O4/c1-4-10-21(25(33)34-3)29-24(32)20(12-8-9-14-27-26)28-23(31)16-18-17-30(15-5-2)22-13-7-6-11-19(18)22/h4-7,10-13,17,27H,1-2,8-9,14-16H2,3H3,(H,28,31)(H,29,32)/b20-12+,21-10+. The number of methoxy groups -OCH3 is 1. The second-order valence-corrected chi connectivity index (χ2v) is 7.51. The van der Waals surface area contributed by atoms with E-state index in [1.54, 1.807) is 12.2 Å². The van der Waals surface area contributed by atoms with Crippen molar-refractivity contribution in [3.05, 3.63) is 84.9 Å². The number of allylic oxidation sites excluding steroid dienone is 4. The normalized spacial score (nSPS) is 11.7. The second-order valence-electron chi connectivity index (χ2n) is 7.24. The first-order valence-electron chi connectivity index (χ1n) is 10.7. The molecular formula is C25H29ClN4O4. The van der Waals surface area contributed by atoms with E-state index in [2.05, 4.69) is 33.4 Å².